The Bertz CT molecular complexity index is 322. The van der Waals surface area contributed by atoms with Gasteiger partial charge in [0.1, 0.15) is 5.82 Å². The minimum absolute atomic E-state index is 0.306. The van der Waals surface area contributed by atoms with Crippen molar-refractivity contribution in [3.63, 3.8) is 0 Å². The Morgan fingerprint density at radius 2 is 2.40 bits per heavy atom. The molecule has 3 heteroatoms. The summed E-state index contributed by atoms with van der Waals surface area (Å²) in [6.45, 7) is 6.67. The number of hydrogen-bond acceptors (Lipinski definition) is 3. The summed E-state index contributed by atoms with van der Waals surface area (Å²) in [5, 5.41) is 3.23. The minimum Gasteiger partial charge on any atom is -0.356 e. The number of pyridine rings is 1. The van der Waals surface area contributed by atoms with Gasteiger partial charge in [0.2, 0.25) is 0 Å². The number of hydrogen-bond donors (Lipinski definition) is 1. The molecule has 0 saturated heterocycles. The van der Waals surface area contributed by atoms with E-state index in [1.165, 1.54) is 5.56 Å². The summed E-state index contributed by atoms with van der Waals surface area (Å²) in [7, 11) is 3.98. The number of nitrogens with zero attached hydrogens (tertiary/aromatic N) is 2. The summed E-state index contributed by atoms with van der Waals surface area (Å²) >= 11 is 0. The van der Waals surface area contributed by atoms with Crippen LogP contribution in [0.2, 0.25) is 0 Å². The van der Waals surface area contributed by atoms with E-state index in [1.54, 1.807) is 0 Å². The molecule has 0 radical (unpaired) electrons. The molecule has 0 aliphatic heterocycles. The van der Waals surface area contributed by atoms with E-state index in [4.69, 9.17) is 0 Å². The predicted molar refractivity (Wildman–Crippen MR) is 65.2 cm³/mol. The minimum atomic E-state index is 0.306. The average molecular weight is 205 g/mol. The molecule has 0 saturated carbocycles. The van der Waals surface area contributed by atoms with Crippen LogP contribution in [0.15, 0.2) is 31.0 Å². The van der Waals surface area contributed by atoms with Gasteiger partial charge in [-0.1, -0.05) is 12.1 Å². The van der Waals surface area contributed by atoms with Gasteiger partial charge in [-0.3, -0.25) is 0 Å². The molecule has 1 N–H and O–H groups in total. The van der Waals surface area contributed by atoms with E-state index in [0.717, 1.165) is 12.4 Å². The van der Waals surface area contributed by atoms with E-state index in [-0.39, 0.29) is 0 Å². The molecule has 3 nitrogen and oxygen atoms in total. The maximum Gasteiger partial charge on any atom is 0.133 e. The van der Waals surface area contributed by atoms with Crippen LogP contribution in [0.1, 0.15) is 18.5 Å². The van der Waals surface area contributed by atoms with Gasteiger partial charge < -0.3 is 10.2 Å². The van der Waals surface area contributed by atoms with Crippen LogP contribution < -0.4 is 10.2 Å². The van der Waals surface area contributed by atoms with Crippen LogP contribution in [0.4, 0.5) is 5.82 Å². The second-order valence-corrected chi connectivity index (χ2v) is 3.60. The predicted octanol–water partition coefficient (Wildman–Crippen LogP) is 1.98. The van der Waals surface area contributed by atoms with Gasteiger partial charge in [0.15, 0.2) is 0 Å². The highest BCUT2D eigenvalue weighted by Crippen LogP contribution is 2.22. The van der Waals surface area contributed by atoms with Gasteiger partial charge in [0.05, 0.1) is 0 Å². The molecule has 15 heavy (non-hydrogen) atoms. The molecule has 1 atom stereocenters. The Labute approximate surface area is 91.8 Å². The van der Waals surface area contributed by atoms with Crippen LogP contribution in [0.5, 0.6) is 0 Å². The van der Waals surface area contributed by atoms with Crippen molar-refractivity contribution in [2.24, 2.45) is 0 Å². The van der Waals surface area contributed by atoms with E-state index < -0.39 is 0 Å². The molecule has 82 valence electrons. The SMILES string of the molecule is C=CCN(C)c1ncccc1C(C)NC. The Kier molecular flexibility index (Phi) is 4.31. The summed E-state index contributed by atoms with van der Waals surface area (Å²) < 4.78 is 0. The zero-order valence-corrected chi connectivity index (χ0v) is 9.70. The Balaban J connectivity index is 2.99. The molecular formula is C12H19N3. The molecule has 1 heterocycles. The lowest BCUT2D eigenvalue weighted by atomic mass is 10.1. The van der Waals surface area contributed by atoms with Crippen molar-refractivity contribution >= 4 is 5.82 Å². The smallest absolute Gasteiger partial charge is 0.133 e. The maximum atomic E-state index is 4.40. The molecule has 1 aromatic heterocycles. The highest BCUT2D eigenvalue weighted by molar-refractivity contribution is 5.48. The highest BCUT2D eigenvalue weighted by atomic mass is 15.2. The number of aromatic nitrogens is 1. The normalized spacial score (nSPS) is 12.2. The van der Waals surface area contributed by atoms with E-state index in [1.807, 2.05) is 32.4 Å². The lowest BCUT2D eigenvalue weighted by Crippen LogP contribution is -2.22. The number of likely N-dealkylation sites (N-methyl/N-ethyl adjacent to an activating group) is 1. The van der Waals surface area contributed by atoms with Crippen LogP contribution in [-0.4, -0.2) is 25.6 Å². The van der Waals surface area contributed by atoms with Gasteiger partial charge in [-0.25, -0.2) is 4.98 Å². The maximum absolute atomic E-state index is 4.40. The van der Waals surface area contributed by atoms with Crippen molar-refractivity contribution in [3.8, 4) is 0 Å². The monoisotopic (exact) mass is 205 g/mol. The van der Waals surface area contributed by atoms with Crippen LogP contribution in [-0.2, 0) is 0 Å². The molecular weight excluding hydrogens is 186 g/mol. The zero-order valence-electron chi connectivity index (χ0n) is 9.70. The molecule has 0 aromatic carbocycles. The van der Waals surface area contributed by atoms with Gasteiger partial charge in [-0.05, 0) is 20.0 Å². The molecule has 0 aliphatic carbocycles. The second-order valence-electron chi connectivity index (χ2n) is 3.60. The first kappa shape index (κ1) is 11.7. The second kappa shape index (κ2) is 5.51. The number of rotatable bonds is 5. The third kappa shape index (κ3) is 2.80. The van der Waals surface area contributed by atoms with Crippen LogP contribution >= 0.6 is 0 Å². The third-order valence-electron chi connectivity index (χ3n) is 2.48. The fourth-order valence-electron chi connectivity index (χ4n) is 1.50. The Morgan fingerprint density at radius 3 is 3.00 bits per heavy atom. The first-order valence-corrected chi connectivity index (χ1v) is 5.15. The molecule has 0 bridgehead atoms. The summed E-state index contributed by atoms with van der Waals surface area (Å²) in [5.41, 5.74) is 1.21. The molecule has 1 rings (SSSR count). The van der Waals surface area contributed by atoms with Gasteiger partial charge in [0.25, 0.3) is 0 Å². The van der Waals surface area contributed by atoms with Gasteiger partial charge >= 0.3 is 0 Å². The van der Waals surface area contributed by atoms with Gasteiger partial charge in [-0.15, -0.1) is 6.58 Å². The molecule has 1 unspecified atom stereocenters. The first-order valence-electron chi connectivity index (χ1n) is 5.15. The van der Waals surface area contributed by atoms with E-state index >= 15 is 0 Å². The lowest BCUT2D eigenvalue weighted by Gasteiger charge is -2.22. The van der Waals surface area contributed by atoms with E-state index in [0.29, 0.717) is 6.04 Å². The fraction of sp³-hybridized carbons (Fsp3) is 0.417. The molecule has 0 amide bonds. The van der Waals surface area contributed by atoms with Crippen molar-refractivity contribution in [1.29, 1.82) is 0 Å². The van der Waals surface area contributed by atoms with Crippen molar-refractivity contribution in [3.05, 3.63) is 36.5 Å². The standard InChI is InChI=1S/C12H19N3/c1-5-9-15(4)12-11(10(2)13-3)7-6-8-14-12/h5-8,10,13H,1,9H2,2-4H3. The first-order chi connectivity index (χ1) is 7.20. The fourth-order valence-corrected chi connectivity index (χ4v) is 1.50. The van der Waals surface area contributed by atoms with Gasteiger partial charge in [-0.2, -0.15) is 0 Å². The van der Waals surface area contributed by atoms with Crippen molar-refractivity contribution in [2.75, 3.05) is 25.5 Å². The topological polar surface area (TPSA) is 28.2 Å². The van der Waals surface area contributed by atoms with Crippen LogP contribution in [0, 0.1) is 0 Å². The van der Waals surface area contributed by atoms with Crippen LogP contribution in [0.25, 0.3) is 0 Å². The zero-order chi connectivity index (χ0) is 11.3. The summed E-state index contributed by atoms with van der Waals surface area (Å²) in [5.74, 6) is 1.01. The van der Waals surface area contributed by atoms with Crippen molar-refractivity contribution in [2.45, 2.75) is 13.0 Å². The lowest BCUT2D eigenvalue weighted by molar-refractivity contribution is 0.647. The molecule has 0 spiro atoms. The number of anilines is 1. The summed E-state index contributed by atoms with van der Waals surface area (Å²) in [6.07, 6.45) is 3.70. The van der Waals surface area contributed by atoms with Crippen molar-refractivity contribution in [1.82, 2.24) is 10.3 Å². The Morgan fingerprint density at radius 1 is 1.67 bits per heavy atom. The highest BCUT2D eigenvalue weighted by Gasteiger charge is 2.11. The molecule has 0 aliphatic rings. The molecule has 1 aromatic rings. The largest absolute Gasteiger partial charge is 0.356 e. The Hall–Kier alpha value is -1.35. The summed E-state index contributed by atoms with van der Waals surface area (Å²) in [4.78, 5) is 6.50. The number of nitrogens with one attached hydrogen (secondary N) is 1. The third-order valence-corrected chi connectivity index (χ3v) is 2.48. The van der Waals surface area contributed by atoms with Gasteiger partial charge in [0, 0.05) is 31.4 Å². The van der Waals surface area contributed by atoms with Crippen molar-refractivity contribution < 1.29 is 0 Å². The molecule has 0 fully saturated rings. The van der Waals surface area contributed by atoms with Crippen LogP contribution in [0.3, 0.4) is 0 Å². The van der Waals surface area contributed by atoms with E-state index in [9.17, 15) is 0 Å². The summed E-state index contributed by atoms with van der Waals surface area (Å²) in [6, 6.07) is 4.37. The van der Waals surface area contributed by atoms with E-state index in [2.05, 4.69) is 34.8 Å². The quantitative estimate of drug-likeness (QED) is 0.745. The average Bonchev–Trinajstić information content (AvgIpc) is 2.28.